The lowest BCUT2D eigenvalue weighted by Crippen LogP contribution is -2.25. The Bertz CT molecular complexity index is 1200. The van der Waals surface area contributed by atoms with Gasteiger partial charge in [-0.25, -0.2) is 0 Å². The number of aromatic amines is 1. The predicted octanol–water partition coefficient (Wildman–Crippen LogP) is 6.88. The van der Waals surface area contributed by atoms with Crippen LogP contribution in [0.3, 0.4) is 0 Å². The number of carbonyl (C=O) groups excluding carboxylic acids is 1. The summed E-state index contributed by atoms with van der Waals surface area (Å²) in [6, 6.07) is 21.8. The van der Waals surface area contributed by atoms with Gasteiger partial charge in [0.25, 0.3) is 0 Å². The molecule has 31 heavy (non-hydrogen) atoms. The number of para-hydroxylation sites is 1. The van der Waals surface area contributed by atoms with Crippen LogP contribution < -0.4 is 5.32 Å². The lowest BCUT2D eigenvalue weighted by molar-refractivity contribution is -0.121. The van der Waals surface area contributed by atoms with Crippen molar-refractivity contribution in [1.82, 2.24) is 10.3 Å². The van der Waals surface area contributed by atoms with Gasteiger partial charge < -0.3 is 10.3 Å². The Morgan fingerprint density at radius 2 is 1.81 bits per heavy atom. The van der Waals surface area contributed by atoms with Crippen LogP contribution in [0.2, 0.25) is 10.0 Å². The Labute approximate surface area is 192 Å². The highest BCUT2D eigenvalue weighted by atomic mass is 35.5. The van der Waals surface area contributed by atoms with Gasteiger partial charge in [-0.05, 0) is 40.8 Å². The zero-order valence-corrected chi connectivity index (χ0v) is 18.8. The maximum atomic E-state index is 12.9. The molecule has 0 radical (unpaired) electrons. The summed E-state index contributed by atoms with van der Waals surface area (Å²) >= 11 is 12.5. The number of aromatic nitrogens is 1. The minimum absolute atomic E-state index is 0.0130. The Hall–Kier alpha value is -2.75. The maximum absolute atomic E-state index is 12.9. The second-order valence-electron chi connectivity index (χ2n) is 7.63. The lowest BCUT2D eigenvalue weighted by atomic mass is 9.87. The molecular formula is C26H24Cl2N2O. The molecule has 158 valence electrons. The van der Waals surface area contributed by atoms with Gasteiger partial charge in [0, 0.05) is 36.0 Å². The van der Waals surface area contributed by atoms with Crippen LogP contribution in [-0.4, -0.2) is 10.9 Å². The number of aryl methyl sites for hydroxylation is 1. The quantitative estimate of drug-likeness (QED) is 0.316. The average molecular weight is 451 g/mol. The van der Waals surface area contributed by atoms with E-state index in [1.807, 2.05) is 48.7 Å². The first-order valence-electron chi connectivity index (χ1n) is 10.4. The summed E-state index contributed by atoms with van der Waals surface area (Å²) in [7, 11) is 0. The molecule has 1 heterocycles. The number of hydrogen-bond donors (Lipinski definition) is 2. The van der Waals surface area contributed by atoms with Gasteiger partial charge >= 0.3 is 0 Å². The predicted molar refractivity (Wildman–Crippen MR) is 129 cm³/mol. The molecule has 0 fully saturated rings. The van der Waals surface area contributed by atoms with Gasteiger partial charge in [0.2, 0.25) is 5.91 Å². The number of hydrogen-bond acceptors (Lipinski definition) is 1. The van der Waals surface area contributed by atoms with Gasteiger partial charge in [-0.2, -0.15) is 0 Å². The first-order chi connectivity index (χ1) is 15.1. The smallest absolute Gasteiger partial charge is 0.221 e. The van der Waals surface area contributed by atoms with Crippen molar-refractivity contribution in [2.45, 2.75) is 32.2 Å². The monoisotopic (exact) mass is 450 g/mol. The Morgan fingerprint density at radius 1 is 1.00 bits per heavy atom. The third-order valence-corrected chi connectivity index (χ3v) is 6.40. The first kappa shape index (κ1) is 21.5. The summed E-state index contributed by atoms with van der Waals surface area (Å²) < 4.78 is 0. The fraction of sp³-hybridized carbons (Fsp3) is 0.192. The van der Waals surface area contributed by atoms with Gasteiger partial charge in [0.05, 0.1) is 10.0 Å². The van der Waals surface area contributed by atoms with Crippen molar-refractivity contribution in [3.05, 3.63) is 105 Å². The Balaban J connectivity index is 1.67. The van der Waals surface area contributed by atoms with Crippen LogP contribution in [-0.2, 0) is 17.8 Å². The zero-order chi connectivity index (χ0) is 21.8. The van der Waals surface area contributed by atoms with E-state index < -0.39 is 0 Å². The SMILES string of the molecule is CCc1cccc2c([C@H](CC(=O)NCc3ccccc3)c3ccc(Cl)c(Cl)c3)c[nH]c12. The molecule has 0 unspecified atom stereocenters. The third kappa shape index (κ3) is 4.79. The second kappa shape index (κ2) is 9.59. The molecule has 1 amide bonds. The number of halogens is 2. The van der Waals surface area contributed by atoms with E-state index in [9.17, 15) is 4.79 Å². The summed E-state index contributed by atoms with van der Waals surface area (Å²) in [4.78, 5) is 16.4. The van der Waals surface area contributed by atoms with Crippen molar-refractivity contribution < 1.29 is 4.79 Å². The minimum Gasteiger partial charge on any atom is -0.361 e. The highest BCUT2D eigenvalue weighted by Gasteiger charge is 2.22. The number of benzene rings is 3. The van der Waals surface area contributed by atoms with E-state index in [1.54, 1.807) is 6.07 Å². The van der Waals surface area contributed by atoms with E-state index in [0.717, 1.165) is 34.0 Å². The molecule has 2 N–H and O–H groups in total. The van der Waals surface area contributed by atoms with E-state index in [-0.39, 0.29) is 11.8 Å². The van der Waals surface area contributed by atoms with Crippen LogP contribution in [0.25, 0.3) is 10.9 Å². The van der Waals surface area contributed by atoms with Crippen LogP contribution >= 0.6 is 23.2 Å². The molecule has 0 aliphatic heterocycles. The summed E-state index contributed by atoms with van der Waals surface area (Å²) in [5.74, 6) is -0.160. The first-order valence-corrected chi connectivity index (χ1v) is 11.2. The highest BCUT2D eigenvalue weighted by Crippen LogP contribution is 2.36. The fourth-order valence-electron chi connectivity index (χ4n) is 4.01. The topological polar surface area (TPSA) is 44.9 Å². The molecule has 1 aromatic heterocycles. The molecule has 1 atom stereocenters. The molecular weight excluding hydrogens is 427 g/mol. The van der Waals surface area contributed by atoms with E-state index >= 15 is 0 Å². The Kier molecular flexibility index (Phi) is 6.64. The summed E-state index contributed by atoms with van der Waals surface area (Å²) in [5, 5.41) is 5.17. The van der Waals surface area contributed by atoms with E-state index in [0.29, 0.717) is 23.0 Å². The van der Waals surface area contributed by atoms with Crippen LogP contribution in [0.5, 0.6) is 0 Å². The molecule has 3 aromatic carbocycles. The molecule has 0 spiro atoms. The largest absolute Gasteiger partial charge is 0.361 e. The molecule has 0 bridgehead atoms. The van der Waals surface area contributed by atoms with Crippen LogP contribution in [0.1, 0.15) is 41.5 Å². The van der Waals surface area contributed by atoms with Gasteiger partial charge in [0.1, 0.15) is 0 Å². The van der Waals surface area contributed by atoms with Gasteiger partial charge in [0.15, 0.2) is 0 Å². The zero-order valence-electron chi connectivity index (χ0n) is 17.3. The van der Waals surface area contributed by atoms with Crippen molar-refractivity contribution in [1.29, 1.82) is 0 Å². The number of nitrogens with one attached hydrogen (secondary N) is 2. The maximum Gasteiger partial charge on any atom is 0.221 e. The molecule has 5 heteroatoms. The minimum atomic E-state index is -0.147. The molecule has 4 aromatic rings. The van der Waals surface area contributed by atoms with Gasteiger partial charge in [-0.3, -0.25) is 4.79 Å². The van der Waals surface area contributed by atoms with E-state index in [1.165, 1.54) is 5.56 Å². The number of H-pyrrole nitrogens is 1. The lowest BCUT2D eigenvalue weighted by Gasteiger charge is -2.18. The van der Waals surface area contributed by atoms with Crippen LogP contribution in [0.15, 0.2) is 72.9 Å². The molecule has 3 nitrogen and oxygen atoms in total. The van der Waals surface area contributed by atoms with E-state index in [2.05, 4.69) is 35.4 Å². The standard InChI is InChI=1S/C26H24Cl2N2O/c1-2-18-9-6-10-20-22(16-30-26(18)20)21(19-11-12-23(27)24(28)13-19)14-25(31)29-15-17-7-4-3-5-8-17/h3-13,16,21,30H,2,14-15H2,1H3,(H,29,31)/t21-/m1/s1. The van der Waals surface area contributed by atoms with Crippen molar-refractivity contribution in [3.63, 3.8) is 0 Å². The normalized spacial score (nSPS) is 12.1. The van der Waals surface area contributed by atoms with Crippen molar-refractivity contribution in [2.24, 2.45) is 0 Å². The fourth-order valence-corrected chi connectivity index (χ4v) is 4.32. The van der Waals surface area contributed by atoms with Gasteiger partial charge in [-0.1, -0.05) is 84.7 Å². The molecule has 0 saturated carbocycles. The number of amides is 1. The average Bonchev–Trinajstić information content (AvgIpc) is 3.23. The molecule has 0 aliphatic carbocycles. The van der Waals surface area contributed by atoms with Crippen molar-refractivity contribution in [3.8, 4) is 0 Å². The highest BCUT2D eigenvalue weighted by molar-refractivity contribution is 6.42. The van der Waals surface area contributed by atoms with E-state index in [4.69, 9.17) is 23.2 Å². The Morgan fingerprint density at radius 3 is 2.55 bits per heavy atom. The van der Waals surface area contributed by atoms with Crippen molar-refractivity contribution in [2.75, 3.05) is 0 Å². The number of fused-ring (bicyclic) bond motifs is 1. The van der Waals surface area contributed by atoms with Crippen LogP contribution in [0, 0.1) is 0 Å². The summed E-state index contributed by atoms with van der Waals surface area (Å²) in [6.07, 6.45) is 3.27. The van der Waals surface area contributed by atoms with Crippen LogP contribution in [0.4, 0.5) is 0 Å². The molecule has 0 aliphatic rings. The van der Waals surface area contributed by atoms with Gasteiger partial charge in [-0.15, -0.1) is 0 Å². The second-order valence-corrected chi connectivity index (χ2v) is 8.44. The summed E-state index contributed by atoms with van der Waals surface area (Å²) in [6.45, 7) is 2.64. The van der Waals surface area contributed by atoms with Crippen molar-refractivity contribution >= 4 is 40.0 Å². The summed E-state index contributed by atoms with van der Waals surface area (Å²) in [5.41, 5.74) is 5.49. The number of rotatable bonds is 7. The molecule has 0 saturated heterocycles. The number of carbonyl (C=O) groups is 1. The third-order valence-electron chi connectivity index (χ3n) is 5.66. The molecule has 4 rings (SSSR count).